The summed E-state index contributed by atoms with van der Waals surface area (Å²) in [5, 5.41) is 9.46. The van der Waals surface area contributed by atoms with E-state index in [4.69, 9.17) is 4.74 Å². The molecular weight excluding hydrogens is 230 g/mol. The number of carbonyl (C=O) groups is 1. The van der Waals surface area contributed by atoms with Crippen LogP contribution in [0.1, 0.15) is 38.5 Å². The minimum Gasteiger partial charge on any atom is -0.481 e. The molecule has 0 aromatic carbocycles. The highest BCUT2D eigenvalue weighted by Crippen LogP contribution is 2.25. The fraction of sp³-hybridized carbons (Fsp3) is 0.929. The van der Waals surface area contributed by atoms with Gasteiger partial charge in [0.15, 0.2) is 0 Å². The van der Waals surface area contributed by atoms with Crippen LogP contribution in [0.25, 0.3) is 0 Å². The van der Waals surface area contributed by atoms with Gasteiger partial charge in [0.2, 0.25) is 0 Å². The largest absolute Gasteiger partial charge is 0.481 e. The smallest absolute Gasteiger partial charge is 0.308 e. The SMILES string of the molecule is O=C(O)C(CN1CCCCCC1)C1CCOCC1. The third-order valence-corrected chi connectivity index (χ3v) is 4.31. The molecule has 1 unspecified atom stereocenters. The van der Waals surface area contributed by atoms with Gasteiger partial charge in [-0.1, -0.05) is 12.8 Å². The number of rotatable bonds is 4. The Morgan fingerprint density at radius 2 is 1.78 bits per heavy atom. The molecule has 2 fully saturated rings. The van der Waals surface area contributed by atoms with E-state index in [9.17, 15) is 9.90 Å². The summed E-state index contributed by atoms with van der Waals surface area (Å²) in [6, 6.07) is 0. The van der Waals surface area contributed by atoms with Gasteiger partial charge in [0.1, 0.15) is 0 Å². The topological polar surface area (TPSA) is 49.8 Å². The van der Waals surface area contributed by atoms with Crippen molar-refractivity contribution in [2.24, 2.45) is 11.8 Å². The van der Waals surface area contributed by atoms with Gasteiger partial charge < -0.3 is 14.7 Å². The van der Waals surface area contributed by atoms with E-state index in [1.165, 1.54) is 25.7 Å². The number of aliphatic carboxylic acids is 1. The molecule has 2 saturated heterocycles. The van der Waals surface area contributed by atoms with E-state index in [0.717, 1.165) is 45.7 Å². The summed E-state index contributed by atoms with van der Waals surface area (Å²) >= 11 is 0. The molecule has 0 aromatic heterocycles. The molecule has 0 bridgehead atoms. The number of hydrogen-bond acceptors (Lipinski definition) is 3. The Hall–Kier alpha value is -0.610. The Morgan fingerprint density at radius 3 is 2.33 bits per heavy atom. The lowest BCUT2D eigenvalue weighted by molar-refractivity contribution is -0.145. The molecule has 2 aliphatic heterocycles. The fourth-order valence-corrected chi connectivity index (χ4v) is 3.14. The quantitative estimate of drug-likeness (QED) is 0.834. The third kappa shape index (κ3) is 3.95. The van der Waals surface area contributed by atoms with Crippen LogP contribution in [0.15, 0.2) is 0 Å². The van der Waals surface area contributed by atoms with Crippen molar-refractivity contribution in [1.82, 2.24) is 4.90 Å². The number of ether oxygens (including phenoxy) is 1. The van der Waals surface area contributed by atoms with Crippen molar-refractivity contribution < 1.29 is 14.6 Å². The number of carboxylic acids is 1. The molecule has 0 amide bonds. The molecular formula is C14H25NO3. The highest BCUT2D eigenvalue weighted by Gasteiger charge is 2.31. The highest BCUT2D eigenvalue weighted by atomic mass is 16.5. The van der Waals surface area contributed by atoms with E-state index in [1.54, 1.807) is 0 Å². The summed E-state index contributed by atoms with van der Waals surface area (Å²) < 4.78 is 5.33. The molecule has 1 N–H and O–H groups in total. The van der Waals surface area contributed by atoms with Gasteiger partial charge in [0.05, 0.1) is 5.92 Å². The van der Waals surface area contributed by atoms with Gasteiger partial charge in [-0.15, -0.1) is 0 Å². The highest BCUT2D eigenvalue weighted by molar-refractivity contribution is 5.70. The second kappa shape index (κ2) is 7.10. The number of likely N-dealkylation sites (tertiary alicyclic amines) is 1. The summed E-state index contributed by atoms with van der Waals surface area (Å²) in [5.41, 5.74) is 0. The Balaban J connectivity index is 1.89. The van der Waals surface area contributed by atoms with Crippen molar-refractivity contribution in [3.05, 3.63) is 0 Å². The summed E-state index contributed by atoms with van der Waals surface area (Å²) in [4.78, 5) is 13.9. The number of nitrogens with zero attached hydrogens (tertiary/aromatic N) is 1. The molecule has 4 nitrogen and oxygen atoms in total. The molecule has 1 atom stereocenters. The predicted molar refractivity (Wildman–Crippen MR) is 69.6 cm³/mol. The zero-order valence-corrected chi connectivity index (χ0v) is 11.1. The second-order valence-electron chi connectivity index (χ2n) is 5.61. The van der Waals surface area contributed by atoms with Gasteiger partial charge >= 0.3 is 5.97 Å². The van der Waals surface area contributed by atoms with E-state index < -0.39 is 5.97 Å². The summed E-state index contributed by atoms with van der Waals surface area (Å²) in [6.45, 7) is 4.35. The van der Waals surface area contributed by atoms with Crippen molar-refractivity contribution in [2.75, 3.05) is 32.8 Å². The summed E-state index contributed by atoms with van der Waals surface area (Å²) in [6.07, 6.45) is 6.85. The van der Waals surface area contributed by atoms with Crippen LogP contribution in [-0.2, 0) is 9.53 Å². The zero-order valence-electron chi connectivity index (χ0n) is 11.1. The minimum atomic E-state index is -0.619. The standard InChI is InChI=1S/C14H25NO3/c16-14(17)13(12-5-9-18-10-6-12)11-15-7-3-1-2-4-8-15/h12-13H,1-11H2,(H,16,17). The van der Waals surface area contributed by atoms with E-state index in [1.807, 2.05) is 0 Å². The van der Waals surface area contributed by atoms with Crippen molar-refractivity contribution >= 4 is 5.97 Å². The second-order valence-corrected chi connectivity index (χ2v) is 5.61. The van der Waals surface area contributed by atoms with Gasteiger partial charge in [-0.05, 0) is 44.7 Å². The van der Waals surface area contributed by atoms with Gasteiger partial charge in [-0.2, -0.15) is 0 Å². The van der Waals surface area contributed by atoms with Gasteiger partial charge in [0.25, 0.3) is 0 Å². The molecule has 4 heteroatoms. The van der Waals surface area contributed by atoms with Crippen molar-refractivity contribution in [3.8, 4) is 0 Å². The first kappa shape index (κ1) is 13.8. The molecule has 0 radical (unpaired) electrons. The summed E-state index contributed by atoms with van der Waals surface area (Å²) in [7, 11) is 0. The van der Waals surface area contributed by atoms with Gasteiger partial charge in [-0.25, -0.2) is 0 Å². The van der Waals surface area contributed by atoms with E-state index in [-0.39, 0.29) is 5.92 Å². The fourth-order valence-electron chi connectivity index (χ4n) is 3.14. The third-order valence-electron chi connectivity index (χ3n) is 4.31. The predicted octanol–water partition coefficient (Wildman–Crippen LogP) is 1.99. The Bertz CT molecular complexity index is 256. The van der Waals surface area contributed by atoms with E-state index >= 15 is 0 Å². The van der Waals surface area contributed by atoms with Crippen molar-refractivity contribution in [3.63, 3.8) is 0 Å². The molecule has 0 aliphatic carbocycles. The number of hydrogen-bond donors (Lipinski definition) is 1. The average molecular weight is 255 g/mol. The average Bonchev–Trinajstić information content (AvgIpc) is 2.65. The maximum Gasteiger partial charge on any atom is 0.308 e. The first-order valence-corrected chi connectivity index (χ1v) is 7.30. The van der Waals surface area contributed by atoms with Crippen molar-refractivity contribution in [2.45, 2.75) is 38.5 Å². The summed E-state index contributed by atoms with van der Waals surface area (Å²) in [5.74, 6) is -0.516. The van der Waals surface area contributed by atoms with Crippen LogP contribution < -0.4 is 0 Å². The molecule has 18 heavy (non-hydrogen) atoms. The molecule has 104 valence electrons. The Labute approximate surface area is 109 Å². The first-order valence-electron chi connectivity index (χ1n) is 7.30. The number of carboxylic acid groups (broad SMARTS) is 1. The minimum absolute atomic E-state index is 0.202. The van der Waals surface area contributed by atoms with Crippen LogP contribution in [0.4, 0.5) is 0 Å². The maximum atomic E-state index is 11.5. The van der Waals surface area contributed by atoms with Crippen LogP contribution in [0.2, 0.25) is 0 Å². The molecule has 0 spiro atoms. The molecule has 2 rings (SSSR count). The lowest BCUT2D eigenvalue weighted by atomic mass is 9.85. The monoisotopic (exact) mass is 255 g/mol. The first-order chi connectivity index (χ1) is 8.77. The maximum absolute atomic E-state index is 11.5. The van der Waals surface area contributed by atoms with Crippen LogP contribution in [0.5, 0.6) is 0 Å². The van der Waals surface area contributed by atoms with Gasteiger partial charge in [-0.3, -0.25) is 4.79 Å². The zero-order chi connectivity index (χ0) is 12.8. The Morgan fingerprint density at radius 1 is 1.17 bits per heavy atom. The normalized spacial score (nSPS) is 25.6. The van der Waals surface area contributed by atoms with Crippen molar-refractivity contribution in [1.29, 1.82) is 0 Å². The van der Waals surface area contributed by atoms with Gasteiger partial charge in [0, 0.05) is 19.8 Å². The lowest BCUT2D eigenvalue weighted by Gasteiger charge is -2.31. The lowest BCUT2D eigenvalue weighted by Crippen LogP contribution is -2.39. The Kier molecular flexibility index (Phi) is 5.45. The van der Waals surface area contributed by atoms with Crippen LogP contribution in [0.3, 0.4) is 0 Å². The van der Waals surface area contributed by atoms with Crippen LogP contribution in [-0.4, -0.2) is 48.8 Å². The molecule has 2 aliphatic rings. The van der Waals surface area contributed by atoms with Crippen LogP contribution >= 0.6 is 0 Å². The molecule has 0 aromatic rings. The molecule has 2 heterocycles. The van der Waals surface area contributed by atoms with E-state index in [2.05, 4.69) is 4.90 Å². The van der Waals surface area contributed by atoms with E-state index in [0.29, 0.717) is 5.92 Å². The van der Waals surface area contributed by atoms with Crippen LogP contribution in [0, 0.1) is 11.8 Å². The molecule has 0 saturated carbocycles.